The molecule has 28 heavy (non-hydrogen) atoms. The van der Waals surface area contributed by atoms with Gasteiger partial charge in [-0.1, -0.05) is 54.6 Å². The molecule has 0 saturated heterocycles. The largest absolute Gasteiger partial charge is 0.550 e. The first kappa shape index (κ1) is 19.4. The van der Waals surface area contributed by atoms with Gasteiger partial charge in [-0.05, 0) is 30.5 Å². The number of carboxylic acid groups (broad SMARTS) is 1. The van der Waals surface area contributed by atoms with Crippen LogP contribution in [0.15, 0.2) is 66.7 Å². The quantitative estimate of drug-likeness (QED) is 0.751. The minimum atomic E-state index is -1.24. The summed E-state index contributed by atoms with van der Waals surface area (Å²) in [6.45, 7) is 0.363. The topological polar surface area (TPSA) is 98.3 Å². The normalized spacial score (nSPS) is 18.3. The fraction of sp³-hybridized carbons (Fsp3) is 0.227. The summed E-state index contributed by atoms with van der Waals surface area (Å²) < 4.78 is 0. The Balaban J connectivity index is 1.71. The number of carboxylic acids is 1. The van der Waals surface area contributed by atoms with E-state index in [-0.39, 0.29) is 12.3 Å². The fourth-order valence-electron chi connectivity index (χ4n) is 3.25. The molecule has 0 spiro atoms. The summed E-state index contributed by atoms with van der Waals surface area (Å²) in [5.41, 5.74) is 1.64. The third-order valence-electron chi connectivity index (χ3n) is 4.80. The van der Waals surface area contributed by atoms with Crippen LogP contribution >= 0.6 is 0 Å². The van der Waals surface area contributed by atoms with Gasteiger partial charge in [0.15, 0.2) is 0 Å². The number of aliphatic carboxylic acids is 1. The van der Waals surface area contributed by atoms with E-state index in [1.54, 1.807) is 36.4 Å². The van der Waals surface area contributed by atoms with Gasteiger partial charge >= 0.3 is 0 Å². The molecule has 0 saturated carbocycles. The molecule has 144 valence electrons. The highest BCUT2D eigenvalue weighted by molar-refractivity contribution is 6.04. The summed E-state index contributed by atoms with van der Waals surface area (Å²) in [7, 11) is 0. The Kier molecular flexibility index (Phi) is 6.22. The molecule has 2 atom stereocenters. The Bertz CT molecular complexity index is 892. The van der Waals surface area contributed by atoms with Gasteiger partial charge in [-0.15, -0.1) is 0 Å². The highest BCUT2D eigenvalue weighted by atomic mass is 16.4. The second kappa shape index (κ2) is 8.99. The highest BCUT2D eigenvalue weighted by Crippen LogP contribution is 2.27. The van der Waals surface area contributed by atoms with Gasteiger partial charge < -0.3 is 20.5 Å². The number of carbonyl (C=O) groups is 3. The summed E-state index contributed by atoms with van der Waals surface area (Å²) in [5, 5.41) is 16.9. The van der Waals surface area contributed by atoms with Gasteiger partial charge in [0, 0.05) is 18.4 Å². The van der Waals surface area contributed by atoms with Crippen molar-refractivity contribution in [3.63, 3.8) is 0 Å². The van der Waals surface area contributed by atoms with E-state index in [4.69, 9.17) is 0 Å². The average molecular weight is 377 g/mol. The Labute approximate surface area is 163 Å². The summed E-state index contributed by atoms with van der Waals surface area (Å²) in [6, 6.07) is 16.2. The number of anilines is 1. The third-order valence-corrected chi connectivity index (χ3v) is 4.80. The van der Waals surface area contributed by atoms with Crippen molar-refractivity contribution in [1.82, 2.24) is 5.32 Å². The molecular weight excluding hydrogens is 356 g/mol. The van der Waals surface area contributed by atoms with Crippen molar-refractivity contribution in [3.05, 3.63) is 77.9 Å². The lowest BCUT2D eigenvalue weighted by molar-refractivity contribution is -0.313. The fourth-order valence-corrected chi connectivity index (χ4v) is 3.25. The Hall–Kier alpha value is -3.41. The average Bonchev–Trinajstić information content (AvgIpc) is 2.73. The SMILES string of the molecule is O=C(NCc1ccccc1)c1ccccc1NC(=O)[C@H]1CC=CC[C@H]1C(=O)[O-]. The van der Waals surface area contributed by atoms with Gasteiger partial charge in [-0.3, -0.25) is 9.59 Å². The standard InChI is InChI=1S/C22H22N2O4/c25-20(23-14-15-8-2-1-3-9-15)18-12-6-7-13-19(18)24-21(26)16-10-4-5-11-17(16)22(27)28/h1-9,12-13,16-17H,10-11,14H2,(H,23,25)(H,24,26)(H,27,28)/p-1/t16-,17+/m0/s1. The predicted octanol–water partition coefficient (Wildman–Crippen LogP) is 1.89. The molecule has 2 aromatic carbocycles. The maximum absolute atomic E-state index is 12.7. The number of benzene rings is 2. The Morgan fingerprint density at radius 1 is 0.893 bits per heavy atom. The van der Waals surface area contributed by atoms with E-state index in [1.807, 2.05) is 30.3 Å². The zero-order valence-corrected chi connectivity index (χ0v) is 15.3. The molecule has 0 aromatic heterocycles. The number of para-hydroxylation sites is 1. The lowest BCUT2D eigenvalue weighted by Gasteiger charge is -2.28. The maximum Gasteiger partial charge on any atom is 0.253 e. The molecule has 6 heteroatoms. The molecule has 2 amide bonds. The first-order valence-corrected chi connectivity index (χ1v) is 9.14. The van der Waals surface area contributed by atoms with Gasteiger partial charge in [0.2, 0.25) is 5.91 Å². The molecule has 2 aromatic rings. The third kappa shape index (κ3) is 4.65. The van der Waals surface area contributed by atoms with Crippen LogP contribution in [0.25, 0.3) is 0 Å². The van der Waals surface area contributed by atoms with Crippen molar-refractivity contribution in [2.24, 2.45) is 11.8 Å². The number of hydrogen-bond acceptors (Lipinski definition) is 4. The van der Waals surface area contributed by atoms with Crippen LogP contribution in [0.5, 0.6) is 0 Å². The van der Waals surface area contributed by atoms with E-state index in [1.165, 1.54) is 0 Å². The predicted molar refractivity (Wildman–Crippen MR) is 103 cm³/mol. The van der Waals surface area contributed by atoms with Crippen LogP contribution in [-0.2, 0) is 16.1 Å². The van der Waals surface area contributed by atoms with Gasteiger partial charge in [0.1, 0.15) is 0 Å². The van der Waals surface area contributed by atoms with Crippen molar-refractivity contribution in [2.45, 2.75) is 19.4 Å². The van der Waals surface area contributed by atoms with Gasteiger partial charge in [-0.25, -0.2) is 0 Å². The Morgan fingerprint density at radius 3 is 2.25 bits per heavy atom. The molecule has 1 aliphatic carbocycles. The first-order chi connectivity index (χ1) is 13.6. The number of carbonyl (C=O) groups excluding carboxylic acids is 3. The molecule has 6 nitrogen and oxygen atoms in total. The molecule has 0 aliphatic heterocycles. The molecule has 3 rings (SSSR count). The molecular formula is C22H21N2O4-. The molecule has 1 aliphatic rings. The van der Waals surface area contributed by atoms with Crippen LogP contribution in [0.1, 0.15) is 28.8 Å². The second-order valence-electron chi connectivity index (χ2n) is 6.68. The molecule has 0 radical (unpaired) electrons. The zero-order chi connectivity index (χ0) is 19.9. The van der Waals surface area contributed by atoms with Crippen molar-refractivity contribution in [3.8, 4) is 0 Å². The molecule has 0 bridgehead atoms. The molecule has 2 N–H and O–H groups in total. The smallest absolute Gasteiger partial charge is 0.253 e. The number of amides is 2. The van der Waals surface area contributed by atoms with Crippen LogP contribution < -0.4 is 15.7 Å². The van der Waals surface area contributed by atoms with E-state index < -0.39 is 23.7 Å². The first-order valence-electron chi connectivity index (χ1n) is 9.14. The minimum Gasteiger partial charge on any atom is -0.550 e. The van der Waals surface area contributed by atoms with Crippen molar-refractivity contribution >= 4 is 23.5 Å². The van der Waals surface area contributed by atoms with E-state index in [9.17, 15) is 19.5 Å². The van der Waals surface area contributed by atoms with Gasteiger partial charge in [0.05, 0.1) is 17.2 Å². The monoisotopic (exact) mass is 377 g/mol. The van der Waals surface area contributed by atoms with Crippen molar-refractivity contribution in [1.29, 1.82) is 0 Å². The summed E-state index contributed by atoms with van der Waals surface area (Å²) in [6.07, 6.45) is 4.13. The number of nitrogens with one attached hydrogen (secondary N) is 2. The van der Waals surface area contributed by atoms with E-state index in [0.717, 1.165) is 5.56 Å². The van der Waals surface area contributed by atoms with E-state index >= 15 is 0 Å². The highest BCUT2D eigenvalue weighted by Gasteiger charge is 2.30. The van der Waals surface area contributed by atoms with Gasteiger partial charge in [-0.2, -0.15) is 0 Å². The number of allylic oxidation sites excluding steroid dienone is 2. The minimum absolute atomic E-state index is 0.264. The van der Waals surface area contributed by atoms with E-state index in [2.05, 4.69) is 10.6 Å². The summed E-state index contributed by atoms with van der Waals surface area (Å²) in [5.74, 6) is -3.58. The Morgan fingerprint density at radius 2 is 1.54 bits per heavy atom. The summed E-state index contributed by atoms with van der Waals surface area (Å²) in [4.78, 5) is 36.6. The summed E-state index contributed by atoms with van der Waals surface area (Å²) >= 11 is 0. The van der Waals surface area contributed by atoms with Crippen molar-refractivity contribution in [2.75, 3.05) is 5.32 Å². The zero-order valence-electron chi connectivity index (χ0n) is 15.3. The lowest BCUT2D eigenvalue weighted by Crippen LogP contribution is -2.41. The van der Waals surface area contributed by atoms with Crippen LogP contribution in [0.3, 0.4) is 0 Å². The molecule has 0 fully saturated rings. The van der Waals surface area contributed by atoms with Gasteiger partial charge in [0.25, 0.3) is 5.91 Å². The van der Waals surface area contributed by atoms with Crippen molar-refractivity contribution < 1.29 is 19.5 Å². The van der Waals surface area contributed by atoms with E-state index in [0.29, 0.717) is 24.2 Å². The van der Waals surface area contributed by atoms with Crippen LogP contribution in [0.2, 0.25) is 0 Å². The number of rotatable bonds is 6. The lowest BCUT2D eigenvalue weighted by atomic mass is 9.82. The molecule has 0 heterocycles. The second-order valence-corrected chi connectivity index (χ2v) is 6.68. The van der Waals surface area contributed by atoms with Crippen LogP contribution in [-0.4, -0.2) is 17.8 Å². The van der Waals surface area contributed by atoms with Crippen LogP contribution in [0, 0.1) is 11.8 Å². The van der Waals surface area contributed by atoms with Crippen LogP contribution in [0.4, 0.5) is 5.69 Å². The maximum atomic E-state index is 12.7. The number of hydrogen-bond donors (Lipinski definition) is 2. The molecule has 0 unspecified atom stereocenters.